The van der Waals surface area contributed by atoms with Gasteiger partial charge in [0.05, 0.1) is 12.4 Å². The standard InChI is InChI=1S/C5H7ClN4O2S/c1-7-13(11,12)10-5-3-8-2-4(6)9-5/h2-3,7H,1H3,(H,9,10). The summed E-state index contributed by atoms with van der Waals surface area (Å²) in [7, 11) is -2.27. The molecule has 8 heteroatoms. The van der Waals surface area contributed by atoms with Gasteiger partial charge in [-0.3, -0.25) is 9.71 Å². The van der Waals surface area contributed by atoms with Gasteiger partial charge in [0.2, 0.25) is 0 Å². The van der Waals surface area contributed by atoms with Crippen LogP contribution in [-0.2, 0) is 10.2 Å². The second kappa shape index (κ2) is 3.86. The highest BCUT2D eigenvalue weighted by molar-refractivity contribution is 7.90. The van der Waals surface area contributed by atoms with Crippen LogP contribution in [0.2, 0.25) is 5.15 Å². The number of halogens is 1. The van der Waals surface area contributed by atoms with E-state index in [1.165, 1.54) is 19.4 Å². The molecule has 2 N–H and O–H groups in total. The minimum Gasteiger partial charge on any atom is -0.258 e. The normalized spacial score (nSPS) is 11.2. The van der Waals surface area contributed by atoms with E-state index in [4.69, 9.17) is 11.6 Å². The minimum atomic E-state index is -3.55. The van der Waals surface area contributed by atoms with Gasteiger partial charge in [-0.1, -0.05) is 11.6 Å². The Morgan fingerprint density at radius 2 is 2.15 bits per heavy atom. The second-order valence-corrected chi connectivity index (χ2v) is 4.04. The predicted octanol–water partition coefficient (Wildman–Crippen LogP) is 0.00610. The molecule has 1 rings (SSSR count). The summed E-state index contributed by atoms with van der Waals surface area (Å²) in [4.78, 5) is 7.33. The van der Waals surface area contributed by atoms with Gasteiger partial charge in [-0.25, -0.2) is 9.71 Å². The smallest absolute Gasteiger partial charge is 0.258 e. The average molecular weight is 223 g/mol. The van der Waals surface area contributed by atoms with Gasteiger partial charge in [-0.05, 0) is 0 Å². The Morgan fingerprint density at radius 3 is 2.69 bits per heavy atom. The molecule has 0 radical (unpaired) electrons. The van der Waals surface area contributed by atoms with Crippen molar-refractivity contribution < 1.29 is 8.42 Å². The topological polar surface area (TPSA) is 84.0 Å². The third-order valence-electron chi connectivity index (χ3n) is 1.11. The van der Waals surface area contributed by atoms with Gasteiger partial charge in [0.15, 0.2) is 5.82 Å². The van der Waals surface area contributed by atoms with E-state index in [1.807, 2.05) is 0 Å². The van der Waals surface area contributed by atoms with Crippen LogP contribution in [0.5, 0.6) is 0 Å². The first-order chi connectivity index (χ1) is 6.03. The van der Waals surface area contributed by atoms with Gasteiger partial charge in [-0.2, -0.15) is 8.42 Å². The van der Waals surface area contributed by atoms with E-state index >= 15 is 0 Å². The molecule has 72 valence electrons. The number of rotatable bonds is 3. The van der Waals surface area contributed by atoms with Crippen molar-refractivity contribution in [2.45, 2.75) is 0 Å². The van der Waals surface area contributed by atoms with Crippen molar-refractivity contribution >= 4 is 27.6 Å². The molecule has 1 heterocycles. The fraction of sp³-hybridized carbons (Fsp3) is 0.200. The lowest BCUT2D eigenvalue weighted by atomic mass is 10.7. The molecule has 0 unspecified atom stereocenters. The molecule has 0 aromatic carbocycles. The van der Waals surface area contributed by atoms with E-state index in [1.54, 1.807) is 0 Å². The second-order valence-electron chi connectivity index (χ2n) is 2.04. The van der Waals surface area contributed by atoms with Crippen LogP contribution in [0.25, 0.3) is 0 Å². The van der Waals surface area contributed by atoms with Crippen molar-refractivity contribution in [1.82, 2.24) is 14.7 Å². The number of aromatic nitrogens is 2. The van der Waals surface area contributed by atoms with Crippen molar-refractivity contribution in [2.24, 2.45) is 0 Å². The Balaban J connectivity index is 2.87. The zero-order valence-corrected chi connectivity index (χ0v) is 8.22. The highest BCUT2D eigenvalue weighted by Gasteiger charge is 2.06. The van der Waals surface area contributed by atoms with Crippen LogP contribution in [0.4, 0.5) is 5.82 Å². The molecule has 0 atom stereocenters. The number of nitrogens with one attached hydrogen (secondary N) is 2. The first-order valence-corrected chi connectivity index (χ1v) is 5.08. The van der Waals surface area contributed by atoms with E-state index in [9.17, 15) is 8.42 Å². The maximum Gasteiger partial charge on any atom is 0.300 e. The molecule has 0 fully saturated rings. The van der Waals surface area contributed by atoms with Crippen molar-refractivity contribution in [2.75, 3.05) is 11.8 Å². The summed E-state index contributed by atoms with van der Waals surface area (Å²) in [6.07, 6.45) is 2.56. The zero-order chi connectivity index (χ0) is 9.90. The summed E-state index contributed by atoms with van der Waals surface area (Å²) in [5, 5.41) is 0.122. The average Bonchev–Trinajstić information content (AvgIpc) is 2.03. The van der Waals surface area contributed by atoms with E-state index in [-0.39, 0.29) is 11.0 Å². The Kier molecular flexibility index (Phi) is 3.02. The van der Waals surface area contributed by atoms with Crippen LogP contribution < -0.4 is 9.44 Å². The third kappa shape index (κ3) is 3.13. The molecule has 13 heavy (non-hydrogen) atoms. The van der Waals surface area contributed by atoms with E-state index in [0.29, 0.717) is 0 Å². The first kappa shape index (κ1) is 10.2. The maximum absolute atomic E-state index is 10.9. The number of hydrogen-bond donors (Lipinski definition) is 2. The fourth-order valence-corrected chi connectivity index (χ4v) is 1.20. The molecule has 0 aliphatic carbocycles. The summed E-state index contributed by atoms with van der Waals surface area (Å²) >= 11 is 5.49. The molecular weight excluding hydrogens is 216 g/mol. The van der Waals surface area contributed by atoms with Crippen molar-refractivity contribution in [1.29, 1.82) is 0 Å². The molecule has 0 bridgehead atoms. The molecular formula is C5H7ClN4O2S. The zero-order valence-electron chi connectivity index (χ0n) is 6.65. The summed E-state index contributed by atoms with van der Waals surface area (Å²) < 4.78 is 26.1. The predicted molar refractivity (Wildman–Crippen MR) is 48.6 cm³/mol. The van der Waals surface area contributed by atoms with Crippen LogP contribution in [0.1, 0.15) is 0 Å². The number of anilines is 1. The Bertz CT molecular complexity index is 393. The van der Waals surface area contributed by atoms with Crippen LogP contribution in [0, 0.1) is 0 Å². The maximum atomic E-state index is 10.9. The van der Waals surface area contributed by atoms with Gasteiger partial charge in [0.1, 0.15) is 5.15 Å². The summed E-state index contributed by atoms with van der Waals surface area (Å²) in [6, 6.07) is 0. The lowest BCUT2D eigenvalue weighted by Gasteiger charge is -2.04. The number of nitrogens with zero attached hydrogens (tertiary/aromatic N) is 2. The molecule has 1 aromatic heterocycles. The van der Waals surface area contributed by atoms with Gasteiger partial charge in [-0.15, -0.1) is 0 Å². The highest BCUT2D eigenvalue weighted by Crippen LogP contribution is 2.07. The van der Waals surface area contributed by atoms with Crippen molar-refractivity contribution in [3.8, 4) is 0 Å². The van der Waals surface area contributed by atoms with Gasteiger partial charge in [0, 0.05) is 7.05 Å². The molecule has 1 aromatic rings. The Labute approximate surface area is 80.5 Å². The number of hydrogen-bond acceptors (Lipinski definition) is 4. The van der Waals surface area contributed by atoms with Crippen LogP contribution in [0.3, 0.4) is 0 Å². The van der Waals surface area contributed by atoms with E-state index in [0.717, 1.165) is 0 Å². The monoisotopic (exact) mass is 222 g/mol. The van der Waals surface area contributed by atoms with Gasteiger partial charge in [0.25, 0.3) is 10.2 Å². The van der Waals surface area contributed by atoms with Gasteiger partial charge >= 0.3 is 0 Å². The summed E-state index contributed by atoms with van der Waals surface area (Å²) in [5.41, 5.74) is 0. The van der Waals surface area contributed by atoms with Crippen LogP contribution in [0.15, 0.2) is 12.4 Å². The largest absolute Gasteiger partial charge is 0.300 e. The lowest BCUT2D eigenvalue weighted by Crippen LogP contribution is -2.26. The molecule has 0 saturated carbocycles. The van der Waals surface area contributed by atoms with Crippen molar-refractivity contribution in [3.63, 3.8) is 0 Å². The first-order valence-electron chi connectivity index (χ1n) is 3.22. The fourth-order valence-electron chi connectivity index (χ4n) is 0.580. The summed E-state index contributed by atoms with van der Waals surface area (Å²) in [6.45, 7) is 0. The van der Waals surface area contributed by atoms with Gasteiger partial charge < -0.3 is 0 Å². The molecule has 0 aliphatic rings. The molecule has 0 saturated heterocycles. The molecule has 6 nitrogen and oxygen atoms in total. The lowest BCUT2D eigenvalue weighted by molar-refractivity contribution is 0.593. The third-order valence-corrected chi connectivity index (χ3v) is 2.31. The summed E-state index contributed by atoms with van der Waals surface area (Å²) in [5.74, 6) is 0.0712. The highest BCUT2D eigenvalue weighted by atomic mass is 35.5. The Morgan fingerprint density at radius 1 is 1.46 bits per heavy atom. The minimum absolute atomic E-state index is 0.0712. The SMILES string of the molecule is CNS(=O)(=O)Nc1cncc(Cl)n1. The quantitative estimate of drug-likeness (QED) is 0.755. The van der Waals surface area contributed by atoms with Crippen LogP contribution in [-0.4, -0.2) is 25.4 Å². The van der Waals surface area contributed by atoms with Crippen LogP contribution >= 0.6 is 11.6 Å². The van der Waals surface area contributed by atoms with E-state index in [2.05, 4.69) is 19.4 Å². The van der Waals surface area contributed by atoms with E-state index < -0.39 is 10.2 Å². The molecule has 0 spiro atoms. The Hall–Kier alpha value is -0.920. The molecule has 0 amide bonds. The van der Waals surface area contributed by atoms with Crippen molar-refractivity contribution in [3.05, 3.63) is 17.5 Å². The molecule has 0 aliphatic heterocycles.